The minimum absolute atomic E-state index is 0.0374. The van der Waals surface area contributed by atoms with Gasteiger partial charge in [-0.2, -0.15) is 10.5 Å². The molecule has 0 aliphatic heterocycles. The number of benzene rings is 1. The summed E-state index contributed by atoms with van der Waals surface area (Å²) in [4.78, 5) is 0. The summed E-state index contributed by atoms with van der Waals surface area (Å²) >= 11 is 0. The van der Waals surface area contributed by atoms with Crippen molar-refractivity contribution in [3.05, 3.63) is 29.3 Å². The fourth-order valence-corrected chi connectivity index (χ4v) is 1.51. The molecule has 1 rings (SSSR count). The van der Waals surface area contributed by atoms with Gasteiger partial charge in [0.05, 0.1) is 13.7 Å². The molecular weight excluding hydrogens is 256 g/mol. The van der Waals surface area contributed by atoms with Crippen LogP contribution in [0, 0.1) is 22.7 Å². The molecule has 0 heterocycles. The third kappa shape index (κ3) is 4.64. The van der Waals surface area contributed by atoms with Crippen LogP contribution in [-0.4, -0.2) is 26.9 Å². The minimum Gasteiger partial charge on any atom is -0.493 e. The zero-order chi connectivity index (χ0) is 14.8. The van der Waals surface area contributed by atoms with Gasteiger partial charge in [-0.15, -0.1) is 0 Å². The summed E-state index contributed by atoms with van der Waals surface area (Å²) in [6, 6.07) is 8.84. The first-order chi connectivity index (χ1) is 9.74. The summed E-state index contributed by atoms with van der Waals surface area (Å²) < 4.78 is 16.0. The normalized spacial score (nSPS) is 9.20. The number of rotatable bonds is 7. The Bertz CT molecular complexity index is 537. The van der Waals surface area contributed by atoms with Crippen molar-refractivity contribution in [1.82, 2.24) is 0 Å². The van der Waals surface area contributed by atoms with Crippen LogP contribution in [0.3, 0.4) is 0 Å². The van der Waals surface area contributed by atoms with Crippen molar-refractivity contribution in [2.45, 2.75) is 6.92 Å². The highest BCUT2D eigenvalue weighted by Crippen LogP contribution is 2.28. The van der Waals surface area contributed by atoms with Crippen LogP contribution in [0.5, 0.6) is 11.5 Å². The number of hydrogen-bond donors (Lipinski definition) is 0. The van der Waals surface area contributed by atoms with Crippen LogP contribution in [-0.2, 0) is 4.74 Å². The van der Waals surface area contributed by atoms with Gasteiger partial charge in [0.2, 0.25) is 0 Å². The molecule has 0 atom stereocenters. The quantitative estimate of drug-likeness (QED) is 0.563. The zero-order valence-corrected chi connectivity index (χ0v) is 11.5. The van der Waals surface area contributed by atoms with Gasteiger partial charge >= 0.3 is 0 Å². The van der Waals surface area contributed by atoms with Gasteiger partial charge in [-0.05, 0) is 30.7 Å². The molecule has 0 spiro atoms. The Labute approximate surface area is 118 Å². The van der Waals surface area contributed by atoms with Gasteiger partial charge in [-0.25, -0.2) is 0 Å². The predicted molar refractivity (Wildman–Crippen MR) is 74.2 cm³/mol. The van der Waals surface area contributed by atoms with Crippen molar-refractivity contribution in [1.29, 1.82) is 10.5 Å². The molecule has 0 bridgehead atoms. The lowest BCUT2D eigenvalue weighted by atomic mass is 10.1. The molecule has 1 aromatic carbocycles. The van der Waals surface area contributed by atoms with Crippen molar-refractivity contribution < 1.29 is 14.2 Å². The lowest BCUT2D eigenvalue weighted by Crippen LogP contribution is -2.07. The topological polar surface area (TPSA) is 75.3 Å². The van der Waals surface area contributed by atoms with Gasteiger partial charge in [0.25, 0.3) is 0 Å². The van der Waals surface area contributed by atoms with Crippen molar-refractivity contribution in [3.8, 4) is 23.6 Å². The molecule has 5 heteroatoms. The minimum atomic E-state index is 0.0374. The summed E-state index contributed by atoms with van der Waals surface area (Å²) in [5.41, 5.74) is 0.741. The van der Waals surface area contributed by atoms with Crippen molar-refractivity contribution in [2.24, 2.45) is 0 Å². The second-order valence-electron chi connectivity index (χ2n) is 3.74. The van der Waals surface area contributed by atoms with Gasteiger partial charge in [0.1, 0.15) is 24.3 Å². The summed E-state index contributed by atoms with van der Waals surface area (Å²) in [6.45, 7) is 3.44. The zero-order valence-electron chi connectivity index (χ0n) is 11.5. The maximum Gasteiger partial charge on any atom is 0.161 e. The molecule has 0 amide bonds. The molecule has 0 fully saturated rings. The number of methoxy groups -OCH3 is 1. The molecule has 0 unspecified atom stereocenters. The second-order valence-corrected chi connectivity index (χ2v) is 3.74. The van der Waals surface area contributed by atoms with Crippen LogP contribution >= 0.6 is 0 Å². The average Bonchev–Trinajstić information content (AvgIpc) is 2.49. The standard InChI is InChI=1S/C15H16N2O3/c1-3-19-6-7-20-15-9-12(4-5-14(15)18-2)8-13(10-16)11-17/h4-5,8-9H,3,6-7H2,1-2H3. The molecule has 0 radical (unpaired) electrons. The highest BCUT2D eigenvalue weighted by atomic mass is 16.5. The smallest absolute Gasteiger partial charge is 0.161 e. The molecule has 104 valence electrons. The molecular formula is C15H16N2O3. The molecule has 20 heavy (non-hydrogen) atoms. The van der Waals surface area contributed by atoms with Gasteiger partial charge in [-0.3, -0.25) is 0 Å². The number of nitriles is 2. The van der Waals surface area contributed by atoms with Gasteiger partial charge in [-0.1, -0.05) is 6.07 Å². The van der Waals surface area contributed by atoms with E-state index in [9.17, 15) is 0 Å². The van der Waals surface area contributed by atoms with E-state index in [0.717, 1.165) is 0 Å². The third-order valence-corrected chi connectivity index (χ3v) is 2.43. The van der Waals surface area contributed by atoms with Crippen LogP contribution in [0.1, 0.15) is 12.5 Å². The molecule has 0 N–H and O–H groups in total. The molecule has 0 saturated carbocycles. The van der Waals surface area contributed by atoms with E-state index in [2.05, 4.69) is 0 Å². The number of allylic oxidation sites excluding steroid dienone is 1. The summed E-state index contributed by atoms with van der Waals surface area (Å²) in [6.07, 6.45) is 1.49. The molecule has 0 aliphatic rings. The highest BCUT2D eigenvalue weighted by molar-refractivity contribution is 5.64. The molecule has 1 aromatic rings. The van der Waals surface area contributed by atoms with E-state index in [1.54, 1.807) is 25.3 Å². The van der Waals surface area contributed by atoms with Crippen molar-refractivity contribution in [2.75, 3.05) is 26.9 Å². The van der Waals surface area contributed by atoms with Crippen LogP contribution in [0.4, 0.5) is 0 Å². The molecule has 0 saturated heterocycles. The summed E-state index contributed by atoms with van der Waals surface area (Å²) in [7, 11) is 1.55. The van der Waals surface area contributed by atoms with E-state index in [0.29, 0.717) is 36.9 Å². The lowest BCUT2D eigenvalue weighted by molar-refractivity contribution is 0.109. The van der Waals surface area contributed by atoms with E-state index in [1.165, 1.54) is 6.08 Å². The third-order valence-electron chi connectivity index (χ3n) is 2.43. The Kier molecular flexibility index (Phi) is 6.67. The fraction of sp³-hybridized carbons (Fsp3) is 0.333. The van der Waals surface area contributed by atoms with E-state index in [1.807, 2.05) is 19.1 Å². The predicted octanol–water partition coefficient (Wildman–Crippen LogP) is 2.54. The van der Waals surface area contributed by atoms with Gasteiger partial charge < -0.3 is 14.2 Å². The first-order valence-electron chi connectivity index (χ1n) is 6.15. The van der Waals surface area contributed by atoms with Crippen molar-refractivity contribution >= 4 is 6.08 Å². The van der Waals surface area contributed by atoms with Crippen molar-refractivity contribution in [3.63, 3.8) is 0 Å². The van der Waals surface area contributed by atoms with Gasteiger partial charge in [0.15, 0.2) is 11.5 Å². The number of ether oxygens (including phenoxy) is 3. The van der Waals surface area contributed by atoms with Crippen LogP contribution < -0.4 is 9.47 Å². The summed E-state index contributed by atoms with van der Waals surface area (Å²) in [5, 5.41) is 17.5. The van der Waals surface area contributed by atoms with E-state index < -0.39 is 0 Å². The molecule has 5 nitrogen and oxygen atoms in total. The van der Waals surface area contributed by atoms with E-state index in [-0.39, 0.29) is 5.57 Å². The van der Waals surface area contributed by atoms with Gasteiger partial charge in [0, 0.05) is 6.61 Å². The Morgan fingerprint density at radius 1 is 1.20 bits per heavy atom. The summed E-state index contributed by atoms with van der Waals surface area (Å²) in [5.74, 6) is 1.14. The van der Waals surface area contributed by atoms with E-state index >= 15 is 0 Å². The largest absolute Gasteiger partial charge is 0.493 e. The Morgan fingerprint density at radius 3 is 2.55 bits per heavy atom. The monoisotopic (exact) mass is 272 g/mol. The maximum atomic E-state index is 8.74. The SMILES string of the molecule is CCOCCOc1cc(C=C(C#N)C#N)ccc1OC. The highest BCUT2D eigenvalue weighted by Gasteiger charge is 2.05. The Balaban J connectivity index is 2.89. The van der Waals surface area contributed by atoms with Crippen LogP contribution in [0.2, 0.25) is 0 Å². The first-order valence-corrected chi connectivity index (χ1v) is 6.15. The molecule has 0 aromatic heterocycles. The lowest BCUT2D eigenvalue weighted by Gasteiger charge is -2.11. The molecule has 0 aliphatic carbocycles. The fourth-order valence-electron chi connectivity index (χ4n) is 1.51. The second kappa shape index (κ2) is 8.58. The van der Waals surface area contributed by atoms with Crippen LogP contribution in [0.25, 0.3) is 6.08 Å². The maximum absolute atomic E-state index is 8.74. The Hall–Kier alpha value is -2.50. The number of hydrogen-bond acceptors (Lipinski definition) is 5. The van der Waals surface area contributed by atoms with Crippen LogP contribution in [0.15, 0.2) is 23.8 Å². The first kappa shape index (κ1) is 15.6. The van der Waals surface area contributed by atoms with E-state index in [4.69, 9.17) is 24.7 Å². The number of nitrogens with zero attached hydrogens (tertiary/aromatic N) is 2. The average molecular weight is 272 g/mol. The Morgan fingerprint density at radius 2 is 1.95 bits per heavy atom.